The Balaban J connectivity index is 3.09. The molecule has 0 heterocycles. The lowest BCUT2D eigenvalue weighted by Gasteiger charge is -2.11. The van der Waals surface area contributed by atoms with E-state index in [4.69, 9.17) is 5.26 Å². The molecule has 3 nitrogen and oxygen atoms in total. The van der Waals surface area contributed by atoms with Crippen LogP contribution in [0.5, 0.6) is 0 Å². The quantitative estimate of drug-likeness (QED) is 0.832. The van der Waals surface area contributed by atoms with E-state index >= 15 is 0 Å². The molecule has 0 saturated carbocycles. The molecule has 84 valence electrons. The Morgan fingerprint density at radius 2 is 2.12 bits per heavy atom. The maximum atomic E-state index is 13.4. The van der Waals surface area contributed by atoms with Gasteiger partial charge in [0.25, 0.3) is 0 Å². The molecule has 0 aliphatic rings. The van der Waals surface area contributed by atoms with Gasteiger partial charge in [0.05, 0.1) is 11.6 Å². The van der Waals surface area contributed by atoms with E-state index in [0.717, 1.165) is 6.07 Å². The zero-order valence-electron chi connectivity index (χ0n) is 9.47. The van der Waals surface area contributed by atoms with Crippen LogP contribution in [0, 0.1) is 30.0 Å². The lowest BCUT2D eigenvalue weighted by Crippen LogP contribution is -2.18. The predicted molar refractivity (Wildman–Crippen MR) is 59.3 cm³/mol. The molecule has 0 radical (unpaired) electrons. The standard InChI is InChI=1S/C12H13FN2O/c1-7(2)12(16)15-11-5-9(6-14)4-10(13)8(11)3/h4-5,7H,1-3H3,(H,15,16). The number of nitrogens with zero attached hydrogens (tertiary/aromatic N) is 1. The highest BCUT2D eigenvalue weighted by Crippen LogP contribution is 2.20. The Morgan fingerprint density at radius 3 is 2.62 bits per heavy atom. The van der Waals surface area contributed by atoms with Crippen LogP contribution in [0.3, 0.4) is 0 Å². The van der Waals surface area contributed by atoms with E-state index in [1.807, 2.05) is 6.07 Å². The van der Waals surface area contributed by atoms with Crippen molar-refractivity contribution in [2.45, 2.75) is 20.8 Å². The number of halogens is 1. The van der Waals surface area contributed by atoms with E-state index in [-0.39, 0.29) is 17.4 Å². The first-order chi connectivity index (χ1) is 7.45. The van der Waals surface area contributed by atoms with Gasteiger partial charge in [-0.25, -0.2) is 4.39 Å². The van der Waals surface area contributed by atoms with Crippen LogP contribution >= 0.6 is 0 Å². The Kier molecular flexibility index (Phi) is 3.62. The van der Waals surface area contributed by atoms with Crippen LogP contribution in [0.15, 0.2) is 12.1 Å². The number of carbonyl (C=O) groups excluding carboxylic acids is 1. The van der Waals surface area contributed by atoms with E-state index in [1.165, 1.54) is 6.07 Å². The molecule has 0 unspecified atom stereocenters. The summed E-state index contributed by atoms with van der Waals surface area (Å²) in [5, 5.41) is 11.3. The Hall–Kier alpha value is -1.89. The van der Waals surface area contributed by atoms with Crippen LogP contribution in [0.1, 0.15) is 25.0 Å². The molecule has 0 spiro atoms. The van der Waals surface area contributed by atoms with Crippen molar-refractivity contribution in [2.24, 2.45) is 5.92 Å². The minimum atomic E-state index is -0.488. The van der Waals surface area contributed by atoms with Crippen LogP contribution in [0.25, 0.3) is 0 Å². The molecule has 0 aromatic heterocycles. The lowest BCUT2D eigenvalue weighted by molar-refractivity contribution is -0.118. The van der Waals surface area contributed by atoms with Gasteiger partial charge >= 0.3 is 0 Å². The van der Waals surface area contributed by atoms with Gasteiger partial charge in [0, 0.05) is 17.2 Å². The third kappa shape index (κ3) is 2.57. The molecule has 1 N–H and O–H groups in total. The highest BCUT2D eigenvalue weighted by atomic mass is 19.1. The van der Waals surface area contributed by atoms with E-state index in [0.29, 0.717) is 11.3 Å². The highest BCUT2D eigenvalue weighted by Gasteiger charge is 2.12. The predicted octanol–water partition coefficient (Wildman–Crippen LogP) is 2.60. The molecule has 0 atom stereocenters. The zero-order chi connectivity index (χ0) is 12.3. The van der Waals surface area contributed by atoms with Crippen LogP contribution in [0.4, 0.5) is 10.1 Å². The van der Waals surface area contributed by atoms with Gasteiger partial charge in [0.2, 0.25) is 5.91 Å². The second-order valence-corrected chi connectivity index (χ2v) is 3.89. The summed E-state index contributed by atoms with van der Waals surface area (Å²) >= 11 is 0. The van der Waals surface area contributed by atoms with E-state index in [2.05, 4.69) is 5.32 Å². The fraction of sp³-hybridized carbons (Fsp3) is 0.333. The normalized spacial score (nSPS) is 10.0. The average molecular weight is 220 g/mol. The van der Waals surface area contributed by atoms with Gasteiger partial charge in [-0.2, -0.15) is 5.26 Å². The largest absolute Gasteiger partial charge is 0.325 e. The number of carbonyl (C=O) groups is 1. The summed E-state index contributed by atoms with van der Waals surface area (Å²) in [7, 11) is 0. The second kappa shape index (κ2) is 4.75. The molecule has 0 aliphatic heterocycles. The van der Waals surface area contributed by atoms with Crippen LogP contribution in [-0.4, -0.2) is 5.91 Å². The Labute approximate surface area is 93.9 Å². The number of rotatable bonds is 2. The molecule has 1 rings (SSSR count). The van der Waals surface area contributed by atoms with Gasteiger partial charge in [-0.1, -0.05) is 13.8 Å². The third-order valence-corrected chi connectivity index (χ3v) is 2.26. The van der Waals surface area contributed by atoms with Crippen molar-refractivity contribution in [3.63, 3.8) is 0 Å². The van der Waals surface area contributed by atoms with Gasteiger partial charge in [-0.05, 0) is 19.1 Å². The van der Waals surface area contributed by atoms with Gasteiger partial charge in [0.15, 0.2) is 0 Å². The third-order valence-electron chi connectivity index (χ3n) is 2.26. The monoisotopic (exact) mass is 220 g/mol. The van der Waals surface area contributed by atoms with Crippen LogP contribution in [-0.2, 0) is 4.79 Å². The number of nitrogens with one attached hydrogen (secondary N) is 1. The molecule has 4 heteroatoms. The van der Waals surface area contributed by atoms with Gasteiger partial charge in [-0.3, -0.25) is 4.79 Å². The molecule has 16 heavy (non-hydrogen) atoms. The Morgan fingerprint density at radius 1 is 1.50 bits per heavy atom. The summed E-state index contributed by atoms with van der Waals surface area (Å²) in [5.74, 6) is -0.871. The fourth-order valence-corrected chi connectivity index (χ4v) is 1.15. The first kappa shape index (κ1) is 12.2. The lowest BCUT2D eigenvalue weighted by atomic mass is 10.1. The van der Waals surface area contributed by atoms with Gasteiger partial charge < -0.3 is 5.32 Å². The average Bonchev–Trinajstić information content (AvgIpc) is 2.24. The zero-order valence-corrected chi connectivity index (χ0v) is 9.47. The molecule has 0 fully saturated rings. The molecular weight excluding hydrogens is 207 g/mol. The molecular formula is C12H13FN2O. The molecule has 1 aromatic rings. The van der Waals surface area contributed by atoms with Gasteiger partial charge in [0.1, 0.15) is 5.82 Å². The number of anilines is 1. The van der Waals surface area contributed by atoms with E-state index in [9.17, 15) is 9.18 Å². The van der Waals surface area contributed by atoms with Crippen LogP contribution < -0.4 is 5.32 Å². The van der Waals surface area contributed by atoms with Crippen LogP contribution in [0.2, 0.25) is 0 Å². The van der Waals surface area contributed by atoms with Crippen molar-refractivity contribution >= 4 is 11.6 Å². The van der Waals surface area contributed by atoms with Gasteiger partial charge in [-0.15, -0.1) is 0 Å². The van der Waals surface area contributed by atoms with Crippen molar-refractivity contribution in [1.29, 1.82) is 5.26 Å². The van der Waals surface area contributed by atoms with E-state index < -0.39 is 5.82 Å². The summed E-state index contributed by atoms with van der Waals surface area (Å²) in [6, 6.07) is 4.47. The molecule has 0 saturated heterocycles. The fourth-order valence-electron chi connectivity index (χ4n) is 1.15. The smallest absolute Gasteiger partial charge is 0.226 e. The maximum Gasteiger partial charge on any atom is 0.226 e. The van der Waals surface area contributed by atoms with Crippen molar-refractivity contribution in [3.8, 4) is 6.07 Å². The number of nitriles is 1. The van der Waals surface area contributed by atoms with Crippen molar-refractivity contribution in [3.05, 3.63) is 29.1 Å². The number of hydrogen-bond donors (Lipinski definition) is 1. The summed E-state index contributed by atoms with van der Waals surface area (Å²) < 4.78 is 13.4. The SMILES string of the molecule is Cc1c(F)cc(C#N)cc1NC(=O)C(C)C. The summed E-state index contributed by atoms with van der Waals surface area (Å²) in [5.41, 5.74) is 0.894. The summed E-state index contributed by atoms with van der Waals surface area (Å²) in [4.78, 5) is 11.5. The second-order valence-electron chi connectivity index (χ2n) is 3.89. The molecule has 1 aromatic carbocycles. The van der Waals surface area contributed by atoms with Crippen molar-refractivity contribution in [2.75, 3.05) is 5.32 Å². The first-order valence-electron chi connectivity index (χ1n) is 4.96. The number of benzene rings is 1. The topological polar surface area (TPSA) is 52.9 Å². The molecule has 0 bridgehead atoms. The Bertz CT molecular complexity index is 461. The summed E-state index contributed by atoms with van der Waals surface area (Å²) in [6.07, 6.45) is 0. The summed E-state index contributed by atoms with van der Waals surface area (Å²) in [6.45, 7) is 5.05. The van der Waals surface area contributed by atoms with E-state index in [1.54, 1.807) is 20.8 Å². The molecule has 1 amide bonds. The maximum absolute atomic E-state index is 13.4. The highest BCUT2D eigenvalue weighted by molar-refractivity contribution is 5.93. The van der Waals surface area contributed by atoms with Crippen molar-refractivity contribution in [1.82, 2.24) is 0 Å². The minimum Gasteiger partial charge on any atom is -0.325 e. The first-order valence-corrected chi connectivity index (χ1v) is 4.96. The molecule has 0 aliphatic carbocycles. The number of amides is 1. The minimum absolute atomic E-state index is 0.187. The van der Waals surface area contributed by atoms with Crippen molar-refractivity contribution < 1.29 is 9.18 Å². The number of hydrogen-bond acceptors (Lipinski definition) is 2.